The molecule has 0 fully saturated rings. The summed E-state index contributed by atoms with van der Waals surface area (Å²) < 4.78 is 12.6. The van der Waals surface area contributed by atoms with E-state index < -0.39 is 0 Å². The van der Waals surface area contributed by atoms with E-state index in [1.165, 1.54) is 0 Å². The van der Waals surface area contributed by atoms with Gasteiger partial charge >= 0.3 is 0 Å². The quantitative estimate of drug-likeness (QED) is 0.550. The van der Waals surface area contributed by atoms with Crippen LogP contribution in [0.15, 0.2) is 30.6 Å². The number of imidazole rings is 1. The van der Waals surface area contributed by atoms with E-state index in [1.807, 2.05) is 24.3 Å². The summed E-state index contributed by atoms with van der Waals surface area (Å²) in [4.78, 5) is 16.6. The van der Waals surface area contributed by atoms with E-state index in [9.17, 15) is 0 Å². The molecule has 0 saturated carbocycles. The average molecular weight is 352 g/mol. The molecular weight excluding hydrogens is 332 g/mol. The average Bonchev–Trinajstić information content (AvgIpc) is 3.31. The first-order chi connectivity index (χ1) is 12.8. The van der Waals surface area contributed by atoms with Crippen molar-refractivity contribution in [3.63, 3.8) is 0 Å². The lowest BCUT2D eigenvalue weighted by molar-refractivity contribution is 0.200. The summed E-state index contributed by atoms with van der Waals surface area (Å²) in [7, 11) is 1.67. The maximum absolute atomic E-state index is 5.63. The van der Waals surface area contributed by atoms with Crippen molar-refractivity contribution in [1.82, 2.24) is 29.5 Å². The van der Waals surface area contributed by atoms with Gasteiger partial charge in [0.25, 0.3) is 0 Å². The van der Waals surface area contributed by atoms with Gasteiger partial charge in [-0.05, 0) is 30.7 Å². The summed E-state index contributed by atoms with van der Waals surface area (Å²) in [5.74, 6) is 2.25. The number of nitrogens with zero attached hydrogens (tertiary/aromatic N) is 5. The van der Waals surface area contributed by atoms with E-state index in [4.69, 9.17) is 14.5 Å². The van der Waals surface area contributed by atoms with E-state index in [0.717, 1.165) is 29.1 Å². The number of ether oxygens (including phenoxy) is 2. The van der Waals surface area contributed by atoms with Crippen molar-refractivity contribution in [2.45, 2.75) is 19.8 Å². The molecular formula is C18H20N6O2. The van der Waals surface area contributed by atoms with Gasteiger partial charge in [-0.25, -0.2) is 15.0 Å². The van der Waals surface area contributed by atoms with Crippen LogP contribution in [-0.2, 0) is 11.2 Å². The molecule has 1 N–H and O–H groups in total. The number of hydrogen-bond acceptors (Lipinski definition) is 6. The summed E-state index contributed by atoms with van der Waals surface area (Å²) in [6, 6.07) is 7.80. The zero-order valence-electron chi connectivity index (χ0n) is 14.8. The minimum Gasteiger partial charge on any atom is -0.494 e. The van der Waals surface area contributed by atoms with Crippen LogP contribution in [0.5, 0.6) is 5.75 Å². The highest BCUT2D eigenvalue weighted by atomic mass is 16.5. The molecule has 0 spiro atoms. The third-order valence-electron chi connectivity index (χ3n) is 4.04. The van der Waals surface area contributed by atoms with Crippen LogP contribution in [0.2, 0.25) is 0 Å². The number of hydrogen-bond donors (Lipinski definition) is 1. The molecule has 8 nitrogen and oxygen atoms in total. The number of methoxy groups -OCH3 is 1. The van der Waals surface area contributed by atoms with E-state index >= 15 is 0 Å². The molecule has 3 heterocycles. The van der Waals surface area contributed by atoms with Crippen molar-refractivity contribution in [2.75, 3.05) is 20.3 Å². The van der Waals surface area contributed by atoms with Crippen molar-refractivity contribution < 1.29 is 9.47 Å². The van der Waals surface area contributed by atoms with Gasteiger partial charge in [0.05, 0.1) is 19.5 Å². The molecule has 26 heavy (non-hydrogen) atoms. The Labute approximate surface area is 150 Å². The van der Waals surface area contributed by atoms with Gasteiger partial charge in [-0.15, -0.1) is 5.10 Å². The number of aromatic nitrogens is 6. The fourth-order valence-corrected chi connectivity index (χ4v) is 2.76. The van der Waals surface area contributed by atoms with Crippen molar-refractivity contribution >= 4 is 16.8 Å². The van der Waals surface area contributed by atoms with E-state index in [0.29, 0.717) is 36.8 Å². The number of nitrogens with one attached hydrogen (secondary N) is 1. The van der Waals surface area contributed by atoms with Crippen LogP contribution < -0.4 is 4.74 Å². The first-order valence-corrected chi connectivity index (χ1v) is 8.61. The zero-order chi connectivity index (χ0) is 17.9. The topological polar surface area (TPSA) is 90.2 Å². The standard InChI is InChI=1S/C18H20N6O2/c1-3-9-26-13-6-4-12(5-7-13)16-22-18-15-17(20-11-19-15)21-14(8-10-25-2)24(18)23-16/h4-7,11H,3,8-10H2,1-2H3,(H,19,20). The van der Waals surface area contributed by atoms with E-state index in [-0.39, 0.29) is 0 Å². The Morgan fingerprint density at radius 3 is 2.73 bits per heavy atom. The lowest BCUT2D eigenvalue weighted by atomic mass is 10.2. The Kier molecular flexibility index (Phi) is 4.49. The summed E-state index contributed by atoms with van der Waals surface area (Å²) in [6.07, 6.45) is 3.22. The van der Waals surface area contributed by atoms with Crippen LogP contribution in [-0.4, -0.2) is 49.9 Å². The van der Waals surface area contributed by atoms with Crippen molar-refractivity contribution in [3.8, 4) is 17.1 Å². The fraction of sp³-hybridized carbons (Fsp3) is 0.333. The second-order valence-electron chi connectivity index (χ2n) is 5.92. The summed E-state index contributed by atoms with van der Waals surface area (Å²) in [5, 5.41) is 4.66. The van der Waals surface area contributed by atoms with Crippen molar-refractivity contribution in [3.05, 3.63) is 36.4 Å². The molecule has 0 aliphatic rings. The molecule has 0 radical (unpaired) electrons. The van der Waals surface area contributed by atoms with E-state index in [1.54, 1.807) is 18.0 Å². The number of aromatic amines is 1. The van der Waals surface area contributed by atoms with Crippen LogP contribution >= 0.6 is 0 Å². The van der Waals surface area contributed by atoms with Crippen LogP contribution in [0, 0.1) is 0 Å². The molecule has 134 valence electrons. The SMILES string of the molecule is CCCOc1ccc(-c2nc3c4[nH]cnc4nc(CCOC)n3n2)cc1. The number of benzene rings is 1. The monoisotopic (exact) mass is 352 g/mol. The first-order valence-electron chi connectivity index (χ1n) is 8.61. The molecule has 0 amide bonds. The van der Waals surface area contributed by atoms with Crippen LogP contribution in [0.3, 0.4) is 0 Å². The Hall–Kier alpha value is -3.00. The molecule has 4 aromatic rings. The highest BCUT2D eigenvalue weighted by molar-refractivity contribution is 5.85. The second-order valence-corrected chi connectivity index (χ2v) is 5.92. The zero-order valence-corrected chi connectivity index (χ0v) is 14.8. The van der Waals surface area contributed by atoms with Crippen LogP contribution in [0.25, 0.3) is 28.2 Å². The molecule has 0 unspecified atom stereocenters. The fourth-order valence-electron chi connectivity index (χ4n) is 2.76. The van der Waals surface area contributed by atoms with E-state index in [2.05, 4.69) is 27.0 Å². The van der Waals surface area contributed by atoms with Gasteiger partial charge in [-0.1, -0.05) is 6.92 Å². The van der Waals surface area contributed by atoms with Crippen molar-refractivity contribution in [1.29, 1.82) is 0 Å². The minimum atomic E-state index is 0.552. The molecule has 0 aliphatic carbocycles. The lowest BCUT2D eigenvalue weighted by Crippen LogP contribution is -2.07. The van der Waals surface area contributed by atoms with Crippen molar-refractivity contribution in [2.24, 2.45) is 0 Å². The largest absolute Gasteiger partial charge is 0.494 e. The Morgan fingerprint density at radius 1 is 1.12 bits per heavy atom. The molecule has 4 rings (SSSR count). The molecule has 3 aromatic heterocycles. The third kappa shape index (κ3) is 2.99. The smallest absolute Gasteiger partial charge is 0.185 e. The molecule has 0 saturated heterocycles. The maximum atomic E-state index is 5.63. The Morgan fingerprint density at radius 2 is 1.96 bits per heavy atom. The minimum absolute atomic E-state index is 0.552. The van der Waals surface area contributed by atoms with Crippen LogP contribution in [0.4, 0.5) is 0 Å². The Balaban J connectivity index is 1.76. The first kappa shape index (κ1) is 16.5. The van der Waals surface area contributed by atoms with Gasteiger partial charge in [-0.2, -0.15) is 4.52 Å². The number of rotatable bonds is 7. The second kappa shape index (κ2) is 7.09. The molecule has 8 heteroatoms. The van der Waals surface area contributed by atoms with Gasteiger partial charge in [0.15, 0.2) is 17.1 Å². The lowest BCUT2D eigenvalue weighted by Gasteiger charge is -2.04. The molecule has 0 atom stereocenters. The maximum Gasteiger partial charge on any atom is 0.185 e. The Bertz CT molecular complexity index is 1020. The number of fused-ring (bicyclic) bond motifs is 3. The van der Waals surface area contributed by atoms with Gasteiger partial charge in [0.2, 0.25) is 0 Å². The molecule has 0 bridgehead atoms. The summed E-state index contributed by atoms with van der Waals surface area (Å²) in [6.45, 7) is 3.34. The summed E-state index contributed by atoms with van der Waals surface area (Å²) >= 11 is 0. The third-order valence-corrected chi connectivity index (χ3v) is 4.04. The van der Waals surface area contributed by atoms with Crippen LogP contribution in [0.1, 0.15) is 19.2 Å². The highest BCUT2D eigenvalue weighted by Gasteiger charge is 2.16. The highest BCUT2D eigenvalue weighted by Crippen LogP contribution is 2.23. The van der Waals surface area contributed by atoms with Gasteiger partial charge < -0.3 is 14.5 Å². The van der Waals surface area contributed by atoms with Gasteiger partial charge in [0.1, 0.15) is 17.1 Å². The molecule has 1 aromatic carbocycles. The normalized spacial score (nSPS) is 11.5. The predicted molar refractivity (Wildman–Crippen MR) is 97.2 cm³/mol. The number of H-pyrrole nitrogens is 1. The summed E-state index contributed by atoms with van der Waals surface area (Å²) in [5.41, 5.74) is 3.03. The molecule has 0 aliphatic heterocycles. The van der Waals surface area contributed by atoms with Gasteiger partial charge in [0, 0.05) is 19.1 Å². The van der Waals surface area contributed by atoms with Gasteiger partial charge in [-0.3, -0.25) is 0 Å². The predicted octanol–water partition coefficient (Wildman–Crippen LogP) is 2.65.